The van der Waals surface area contributed by atoms with Crippen molar-refractivity contribution in [3.8, 4) is 16.3 Å². The fourth-order valence-corrected chi connectivity index (χ4v) is 7.73. The number of rotatable bonds is 2. The molecule has 0 N–H and O–H groups in total. The number of aromatic nitrogens is 2. The van der Waals surface area contributed by atoms with Crippen LogP contribution in [0.4, 0.5) is 0 Å². The molecular weight excluding hydrogens is 536 g/mol. The molecule has 0 aliphatic heterocycles. The van der Waals surface area contributed by atoms with Crippen LogP contribution in [0, 0.1) is 0 Å². The number of fused-ring (bicyclic) bond motifs is 12. The lowest BCUT2D eigenvalue weighted by atomic mass is 10.0. The van der Waals surface area contributed by atoms with Crippen molar-refractivity contribution < 1.29 is 8.83 Å². The van der Waals surface area contributed by atoms with Crippen molar-refractivity contribution in [1.82, 2.24) is 9.55 Å². The summed E-state index contributed by atoms with van der Waals surface area (Å²) < 4.78 is 16.3. The molecule has 0 bridgehead atoms. The molecule has 10 aromatic rings. The van der Waals surface area contributed by atoms with Gasteiger partial charge >= 0.3 is 0 Å². The lowest BCUT2D eigenvalue weighted by Gasteiger charge is -2.02. The molecule has 0 amide bonds. The molecule has 0 unspecified atom stereocenters. The van der Waals surface area contributed by atoms with Crippen LogP contribution < -0.4 is 0 Å². The van der Waals surface area contributed by atoms with E-state index < -0.39 is 0 Å². The van der Waals surface area contributed by atoms with Gasteiger partial charge in [0.05, 0.1) is 26.6 Å². The van der Waals surface area contributed by atoms with Crippen molar-refractivity contribution in [1.29, 1.82) is 0 Å². The Hall–Kier alpha value is -5.39. The van der Waals surface area contributed by atoms with Gasteiger partial charge in [-0.2, -0.15) is 0 Å². The smallest absolute Gasteiger partial charge is 0.195 e. The predicted molar refractivity (Wildman–Crippen MR) is 174 cm³/mol. The number of hydrogen-bond donors (Lipinski definition) is 0. The van der Waals surface area contributed by atoms with E-state index in [9.17, 15) is 0 Å². The third-order valence-corrected chi connectivity index (χ3v) is 9.53. The van der Waals surface area contributed by atoms with Gasteiger partial charge in [-0.1, -0.05) is 84.1 Å². The van der Waals surface area contributed by atoms with Gasteiger partial charge < -0.3 is 8.83 Å². The molecule has 6 aromatic carbocycles. The summed E-state index contributed by atoms with van der Waals surface area (Å²) in [4.78, 5) is 5.19. The van der Waals surface area contributed by atoms with Crippen LogP contribution in [0.15, 0.2) is 130 Å². The average molecular weight is 557 g/mol. The second kappa shape index (κ2) is 8.09. The molecule has 0 aliphatic rings. The maximum atomic E-state index is 6.48. The van der Waals surface area contributed by atoms with Crippen LogP contribution >= 0.6 is 11.3 Å². The Kier molecular flexibility index (Phi) is 4.30. The Bertz CT molecular complexity index is 2690. The highest BCUT2D eigenvalue weighted by Crippen LogP contribution is 2.43. The summed E-state index contributed by atoms with van der Waals surface area (Å²) in [5.74, 6) is 0. The quantitative estimate of drug-likeness (QED) is 0.213. The van der Waals surface area contributed by atoms with E-state index in [4.69, 9.17) is 13.8 Å². The lowest BCUT2D eigenvalue weighted by molar-refractivity contribution is 0.669. The second-order valence-corrected chi connectivity index (χ2v) is 11.7. The third kappa shape index (κ3) is 2.93. The normalized spacial score (nSPS) is 12.3. The molecule has 0 saturated heterocycles. The van der Waals surface area contributed by atoms with Crippen LogP contribution in [0.2, 0.25) is 0 Å². The first-order valence-corrected chi connectivity index (χ1v) is 14.8. The topological polar surface area (TPSA) is 44.1 Å². The van der Waals surface area contributed by atoms with Gasteiger partial charge in [-0.25, -0.2) is 4.98 Å². The Morgan fingerprint density at radius 3 is 2.26 bits per heavy atom. The summed E-state index contributed by atoms with van der Waals surface area (Å²) in [6.45, 7) is 0. The molecule has 4 aromatic heterocycles. The van der Waals surface area contributed by atoms with Gasteiger partial charge in [0.1, 0.15) is 22.3 Å². The number of thiazole rings is 1. The maximum absolute atomic E-state index is 6.48. The van der Waals surface area contributed by atoms with E-state index in [-0.39, 0.29) is 0 Å². The van der Waals surface area contributed by atoms with Gasteiger partial charge in [0.15, 0.2) is 5.13 Å². The van der Waals surface area contributed by atoms with Crippen LogP contribution in [0.5, 0.6) is 0 Å². The molecule has 42 heavy (non-hydrogen) atoms. The number of furan rings is 2. The van der Waals surface area contributed by atoms with Crippen LogP contribution in [-0.4, -0.2) is 9.55 Å². The molecule has 0 spiro atoms. The largest absolute Gasteiger partial charge is 0.456 e. The molecule has 0 aliphatic carbocycles. The fraction of sp³-hybridized carbons (Fsp3) is 0. The molecule has 0 fully saturated rings. The summed E-state index contributed by atoms with van der Waals surface area (Å²) in [7, 11) is 0. The summed E-state index contributed by atoms with van der Waals surface area (Å²) in [5.41, 5.74) is 9.07. The summed E-state index contributed by atoms with van der Waals surface area (Å²) in [5, 5.41) is 7.69. The summed E-state index contributed by atoms with van der Waals surface area (Å²) in [6.07, 6.45) is 0. The zero-order valence-corrected chi connectivity index (χ0v) is 23.0. The van der Waals surface area contributed by atoms with Crippen molar-refractivity contribution in [2.45, 2.75) is 0 Å². The van der Waals surface area contributed by atoms with Crippen molar-refractivity contribution in [2.24, 2.45) is 0 Å². The highest BCUT2D eigenvalue weighted by molar-refractivity contribution is 7.22. The second-order valence-electron chi connectivity index (χ2n) is 10.7. The first-order valence-electron chi connectivity index (χ1n) is 14.0. The van der Waals surface area contributed by atoms with E-state index in [0.29, 0.717) is 0 Å². The van der Waals surface area contributed by atoms with Crippen LogP contribution in [0.3, 0.4) is 0 Å². The highest BCUT2D eigenvalue weighted by atomic mass is 32.1. The molecule has 5 heteroatoms. The van der Waals surface area contributed by atoms with E-state index in [1.807, 2.05) is 24.3 Å². The van der Waals surface area contributed by atoms with Gasteiger partial charge in [0.25, 0.3) is 0 Å². The first kappa shape index (κ1) is 22.3. The number of para-hydroxylation sites is 2. The summed E-state index contributed by atoms with van der Waals surface area (Å²) in [6, 6.07) is 42.2. The van der Waals surface area contributed by atoms with E-state index in [1.54, 1.807) is 11.3 Å². The van der Waals surface area contributed by atoms with Crippen molar-refractivity contribution >= 4 is 87.2 Å². The molecule has 4 nitrogen and oxygen atoms in total. The van der Waals surface area contributed by atoms with E-state index in [0.717, 1.165) is 86.6 Å². The van der Waals surface area contributed by atoms with Gasteiger partial charge in [-0.3, -0.25) is 4.57 Å². The Labute approximate surface area is 242 Å². The Balaban J connectivity index is 1.25. The monoisotopic (exact) mass is 556 g/mol. The minimum atomic E-state index is 0.879. The van der Waals surface area contributed by atoms with Crippen LogP contribution in [0.25, 0.3) is 92.2 Å². The lowest BCUT2D eigenvalue weighted by Crippen LogP contribution is -1.92. The molecule has 196 valence electrons. The SMILES string of the molecule is c1ccc(-c2ccc3c(c2)oc2ccc4nc(-n5c6ccccc6c6c7oc8ccccc8c7ccc65)sc4c23)cc1. The van der Waals surface area contributed by atoms with Gasteiger partial charge in [-0.05, 0) is 59.7 Å². The molecule has 0 radical (unpaired) electrons. The van der Waals surface area contributed by atoms with E-state index in [2.05, 4.69) is 102 Å². The van der Waals surface area contributed by atoms with Crippen LogP contribution in [0.1, 0.15) is 0 Å². The molecule has 10 rings (SSSR count). The number of nitrogens with zero attached hydrogens (tertiary/aromatic N) is 2. The van der Waals surface area contributed by atoms with Crippen molar-refractivity contribution in [3.05, 3.63) is 121 Å². The van der Waals surface area contributed by atoms with Gasteiger partial charge in [0, 0.05) is 26.9 Å². The van der Waals surface area contributed by atoms with Crippen LogP contribution in [-0.2, 0) is 0 Å². The van der Waals surface area contributed by atoms with Crippen molar-refractivity contribution in [3.63, 3.8) is 0 Å². The molecular formula is C37H20N2O2S. The fourth-order valence-electron chi connectivity index (χ4n) is 6.58. The van der Waals surface area contributed by atoms with Gasteiger partial charge in [-0.15, -0.1) is 0 Å². The Morgan fingerprint density at radius 1 is 0.524 bits per heavy atom. The first-order chi connectivity index (χ1) is 20.8. The standard InChI is InChI=1S/C37H20N2O2S/c1-2-8-21(9-3-1)22-14-15-26-32(20-22)40-31-19-17-27-36(34(26)31)42-37(38-27)39-28-12-6-4-11-25(28)33-29(39)18-16-24-23-10-5-7-13-30(23)41-35(24)33/h1-20H. The maximum Gasteiger partial charge on any atom is 0.195 e. The highest BCUT2D eigenvalue weighted by Gasteiger charge is 2.21. The van der Waals surface area contributed by atoms with E-state index >= 15 is 0 Å². The molecule has 0 saturated carbocycles. The molecule has 0 atom stereocenters. The zero-order valence-electron chi connectivity index (χ0n) is 22.2. The molecule has 4 heterocycles. The van der Waals surface area contributed by atoms with E-state index in [1.165, 1.54) is 5.56 Å². The Morgan fingerprint density at radius 2 is 1.33 bits per heavy atom. The zero-order chi connectivity index (χ0) is 27.4. The minimum absolute atomic E-state index is 0.879. The summed E-state index contributed by atoms with van der Waals surface area (Å²) >= 11 is 1.71. The number of benzene rings is 6. The third-order valence-electron chi connectivity index (χ3n) is 8.46. The van der Waals surface area contributed by atoms with Gasteiger partial charge in [0.2, 0.25) is 0 Å². The predicted octanol–water partition coefficient (Wildman–Crippen LogP) is 10.9. The van der Waals surface area contributed by atoms with Crippen molar-refractivity contribution in [2.75, 3.05) is 0 Å². The minimum Gasteiger partial charge on any atom is -0.456 e. The average Bonchev–Trinajstić information content (AvgIpc) is 3.80. The number of hydrogen-bond acceptors (Lipinski definition) is 4.